The number of nitrogens with one attached hydrogen (secondary N) is 2. The van der Waals surface area contributed by atoms with Crippen LogP contribution >= 0.6 is 0 Å². The molecule has 6 rings (SSSR count). The van der Waals surface area contributed by atoms with Gasteiger partial charge in [0.25, 0.3) is 0 Å². The van der Waals surface area contributed by atoms with E-state index in [4.69, 9.17) is 4.42 Å². The normalized spacial score (nSPS) is 17.1. The van der Waals surface area contributed by atoms with Gasteiger partial charge in [0.15, 0.2) is 0 Å². The molecule has 5 aromatic rings. The zero-order valence-electron chi connectivity index (χ0n) is 17.7. The van der Waals surface area contributed by atoms with E-state index in [0.29, 0.717) is 12.1 Å². The molecule has 0 unspecified atom stereocenters. The largest absolute Gasteiger partial charge is 0.464 e. The van der Waals surface area contributed by atoms with E-state index < -0.39 is 0 Å². The molecule has 3 nitrogen and oxygen atoms in total. The Hall–Kier alpha value is -3.30. The first-order valence-electron chi connectivity index (χ1n) is 11.2. The SMILES string of the molecule is C[C@@H](N[C@@H]1CCCc2c1[nH]c1ccc(-c3coc4ccccc34)cc21)c1ccccc1. The second-order valence-electron chi connectivity index (χ2n) is 8.67. The Morgan fingerprint density at radius 2 is 1.81 bits per heavy atom. The maximum atomic E-state index is 5.79. The molecule has 1 aliphatic rings. The molecule has 0 saturated heterocycles. The molecule has 3 heteroatoms. The van der Waals surface area contributed by atoms with E-state index in [9.17, 15) is 0 Å². The zero-order chi connectivity index (χ0) is 20.8. The van der Waals surface area contributed by atoms with Crippen LogP contribution in [0.2, 0.25) is 0 Å². The van der Waals surface area contributed by atoms with E-state index in [2.05, 4.69) is 77.9 Å². The molecule has 0 radical (unpaired) electrons. The number of aryl methyl sites for hydroxylation is 1. The van der Waals surface area contributed by atoms with E-state index >= 15 is 0 Å². The fourth-order valence-electron chi connectivity index (χ4n) is 5.14. The highest BCUT2D eigenvalue weighted by Crippen LogP contribution is 2.39. The summed E-state index contributed by atoms with van der Waals surface area (Å²) < 4.78 is 5.79. The second-order valence-corrected chi connectivity index (χ2v) is 8.67. The van der Waals surface area contributed by atoms with E-state index in [1.54, 1.807) is 0 Å². The van der Waals surface area contributed by atoms with Crippen molar-refractivity contribution in [2.75, 3.05) is 0 Å². The number of furan rings is 1. The van der Waals surface area contributed by atoms with Crippen molar-refractivity contribution in [1.29, 1.82) is 0 Å². The predicted molar refractivity (Wildman–Crippen MR) is 127 cm³/mol. The first kappa shape index (κ1) is 18.5. The van der Waals surface area contributed by atoms with Crippen LogP contribution < -0.4 is 5.32 Å². The van der Waals surface area contributed by atoms with Gasteiger partial charge >= 0.3 is 0 Å². The lowest BCUT2D eigenvalue weighted by Gasteiger charge is -2.27. The Morgan fingerprint density at radius 3 is 2.71 bits per heavy atom. The molecule has 2 atom stereocenters. The summed E-state index contributed by atoms with van der Waals surface area (Å²) in [5.41, 5.74) is 8.70. The first-order valence-corrected chi connectivity index (χ1v) is 11.2. The summed E-state index contributed by atoms with van der Waals surface area (Å²) in [5.74, 6) is 0. The summed E-state index contributed by atoms with van der Waals surface area (Å²) in [7, 11) is 0. The molecule has 3 aromatic carbocycles. The van der Waals surface area contributed by atoms with Gasteiger partial charge in [-0.2, -0.15) is 0 Å². The zero-order valence-corrected chi connectivity index (χ0v) is 17.7. The summed E-state index contributed by atoms with van der Waals surface area (Å²) in [6.07, 6.45) is 5.38. The van der Waals surface area contributed by atoms with Crippen molar-refractivity contribution < 1.29 is 4.42 Å². The molecule has 0 amide bonds. The molecule has 0 spiro atoms. The number of hydrogen-bond donors (Lipinski definition) is 2. The van der Waals surface area contributed by atoms with Crippen LogP contribution in [0.1, 0.15) is 48.7 Å². The number of hydrogen-bond acceptors (Lipinski definition) is 2. The third kappa shape index (κ3) is 3.17. The molecule has 2 N–H and O–H groups in total. The Labute approximate surface area is 182 Å². The van der Waals surface area contributed by atoms with Crippen molar-refractivity contribution in [1.82, 2.24) is 10.3 Å². The molecular formula is C28H26N2O. The standard InChI is InChI=1S/C28H26N2O/c1-18(19-8-3-2-4-9-19)29-26-12-7-11-22-23-16-20(14-15-25(23)30-28(22)26)24-17-31-27-13-6-5-10-21(24)27/h2-6,8-10,13-18,26,29-30H,7,11-12H2,1H3/t18-,26-/m1/s1. The number of benzene rings is 3. The van der Waals surface area contributed by atoms with E-state index in [1.807, 2.05) is 18.4 Å². The Kier molecular flexibility index (Phi) is 4.43. The topological polar surface area (TPSA) is 41.0 Å². The third-order valence-corrected chi connectivity index (χ3v) is 6.75. The Bertz CT molecular complexity index is 1360. The van der Waals surface area contributed by atoms with Gasteiger partial charge in [0.2, 0.25) is 0 Å². The summed E-state index contributed by atoms with van der Waals surface area (Å²) in [4.78, 5) is 3.75. The van der Waals surface area contributed by atoms with Crippen molar-refractivity contribution in [3.05, 3.63) is 95.9 Å². The molecule has 2 aromatic heterocycles. The van der Waals surface area contributed by atoms with Crippen LogP contribution in [0.4, 0.5) is 0 Å². The average molecular weight is 407 g/mol. The number of aromatic nitrogens is 1. The summed E-state index contributed by atoms with van der Waals surface area (Å²) in [5, 5.41) is 6.39. The maximum Gasteiger partial charge on any atom is 0.134 e. The smallest absolute Gasteiger partial charge is 0.134 e. The molecule has 2 heterocycles. The fourth-order valence-corrected chi connectivity index (χ4v) is 5.14. The third-order valence-electron chi connectivity index (χ3n) is 6.75. The minimum Gasteiger partial charge on any atom is -0.464 e. The number of para-hydroxylation sites is 1. The van der Waals surface area contributed by atoms with Crippen LogP contribution in [0.25, 0.3) is 33.0 Å². The monoisotopic (exact) mass is 406 g/mol. The van der Waals surface area contributed by atoms with Gasteiger partial charge in [-0.15, -0.1) is 0 Å². The number of H-pyrrole nitrogens is 1. The van der Waals surface area contributed by atoms with Gasteiger partial charge in [-0.05, 0) is 61.1 Å². The van der Waals surface area contributed by atoms with E-state index in [0.717, 1.165) is 24.0 Å². The highest BCUT2D eigenvalue weighted by atomic mass is 16.3. The van der Waals surface area contributed by atoms with E-state index in [-0.39, 0.29) is 0 Å². The molecular weight excluding hydrogens is 380 g/mol. The van der Waals surface area contributed by atoms with Crippen molar-refractivity contribution in [3.63, 3.8) is 0 Å². The summed E-state index contributed by atoms with van der Waals surface area (Å²) in [6.45, 7) is 2.26. The average Bonchev–Trinajstić information content (AvgIpc) is 3.41. The first-order chi connectivity index (χ1) is 15.3. The molecule has 31 heavy (non-hydrogen) atoms. The lowest BCUT2D eigenvalue weighted by Crippen LogP contribution is -2.27. The molecule has 0 bridgehead atoms. The predicted octanol–water partition coefficient (Wildman–Crippen LogP) is 7.31. The molecule has 0 saturated carbocycles. The highest BCUT2D eigenvalue weighted by Gasteiger charge is 2.26. The number of aromatic amines is 1. The van der Waals surface area contributed by atoms with Crippen LogP contribution in [0.5, 0.6) is 0 Å². The van der Waals surface area contributed by atoms with E-state index in [1.165, 1.54) is 45.1 Å². The Morgan fingerprint density at radius 1 is 0.968 bits per heavy atom. The lowest BCUT2D eigenvalue weighted by atomic mass is 9.90. The quantitative estimate of drug-likeness (QED) is 0.328. The van der Waals surface area contributed by atoms with Crippen molar-refractivity contribution >= 4 is 21.9 Å². The van der Waals surface area contributed by atoms with Crippen molar-refractivity contribution in [2.45, 2.75) is 38.3 Å². The number of rotatable bonds is 4. The van der Waals surface area contributed by atoms with Gasteiger partial charge in [-0.1, -0.05) is 54.6 Å². The van der Waals surface area contributed by atoms with Crippen LogP contribution in [0.15, 0.2) is 83.5 Å². The molecule has 0 fully saturated rings. The van der Waals surface area contributed by atoms with Gasteiger partial charge in [0.05, 0.1) is 6.26 Å². The van der Waals surface area contributed by atoms with Crippen LogP contribution in [0.3, 0.4) is 0 Å². The van der Waals surface area contributed by atoms with Crippen LogP contribution in [-0.2, 0) is 6.42 Å². The number of fused-ring (bicyclic) bond motifs is 4. The lowest BCUT2D eigenvalue weighted by molar-refractivity contribution is 0.410. The van der Waals surface area contributed by atoms with Crippen LogP contribution in [0, 0.1) is 0 Å². The molecule has 1 aliphatic carbocycles. The summed E-state index contributed by atoms with van der Waals surface area (Å²) in [6, 6.07) is 26.4. The van der Waals surface area contributed by atoms with Gasteiger partial charge in [0.1, 0.15) is 5.58 Å². The summed E-state index contributed by atoms with van der Waals surface area (Å²) >= 11 is 0. The van der Waals surface area contributed by atoms with Gasteiger partial charge in [0, 0.05) is 39.6 Å². The maximum absolute atomic E-state index is 5.79. The van der Waals surface area contributed by atoms with Crippen molar-refractivity contribution in [3.8, 4) is 11.1 Å². The highest BCUT2D eigenvalue weighted by molar-refractivity contribution is 5.97. The Balaban J connectivity index is 1.38. The van der Waals surface area contributed by atoms with Gasteiger partial charge < -0.3 is 14.7 Å². The second kappa shape index (κ2) is 7.44. The van der Waals surface area contributed by atoms with Crippen molar-refractivity contribution in [2.24, 2.45) is 0 Å². The van der Waals surface area contributed by atoms with Gasteiger partial charge in [-0.3, -0.25) is 0 Å². The van der Waals surface area contributed by atoms with Crippen LogP contribution in [-0.4, -0.2) is 4.98 Å². The van der Waals surface area contributed by atoms with Gasteiger partial charge in [-0.25, -0.2) is 0 Å². The molecule has 154 valence electrons. The molecule has 0 aliphatic heterocycles. The minimum absolute atomic E-state index is 0.316. The fraction of sp³-hybridized carbons (Fsp3) is 0.214. The minimum atomic E-state index is 0.316.